The average molecular weight is 1080 g/mol. The van der Waals surface area contributed by atoms with Gasteiger partial charge in [-0.05, 0) is 134 Å². The Balaban J connectivity index is 6.11. The molecule has 0 saturated carbocycles. The monoisotopic (exact) mass is 1080 g/mol. The van der Waals surface area contributed by atoms with Crippen molar-refractivity contribution in [2.45, 2.75) is 362 Å². The molecule has 0 heterocycles. The van der Waals surface area contributed by atoms with Crippen LogP contribution in [-0.4, -0.2) is 89.6 Å². The van der Waals surface area contributed by atoms with Gasteiger partial charge in [0.25, 0.3) is 0 Å². The Hall–Kier alpha value is -1.28. The van der Waals surface area contributed by atoms with Crippen molar-refractivity contribution in [1.82, 2.24) is 4.90 Å². The van der Waals surface area contributed by atoms with Crippen molar-refractivity contribution < 1.29 is 37.4 Å². The van der Waals surface area contributed by atoms with Crippen LogP contribution in [0, 0.1) is 0 Å². The lowest BCUT2D eigenvalue weighted by Crippen LogP contribution is -2.50. The van der Waals surface area contributed by atoms with Crippen molar-refractivity contribution >= 4 is 34.5 Å². The van der Waals surface area contributed by atoms with Crippen LogP contribution in [0.5, 0.6) is 0 Å². The van der Waals surface area contributed by atoms with Gasteiger partial charge in [0.1, 0.15) is 11.7 Å². The van der Waals surface area contributed by atoms with Gasteiger partial charge in [-0.1, -0.05) is 191 Å². The SMILES string of the molecule is CCCCCCCCCCCOC(=O)CCCC(CN(CCCCC(=O)OC(C)(C)C)CC(CCCCCC(=O)OC(CCCCCCCC)CCCCCCCC)O[Si](C)(C)C(C)(C)C)O[Si](C)(C)C(C)(C)C. The van der Waals surface area contributed by atoms with Gasteiger partial charge in [0, 0.05) is 32.4 Å². The second-order valence-electron chi connectivity index (χ2n) is 26.6. The van der Waals surface area contributed by atoms with E-state index in [1.807, 2.05) is 20.8 Å². The molecule has 0 N–H and O–H groups in total. The fourth-order valence-corrected chi connectivity index (χ4v) is 11.9. The van der Waals surface area contributed by atoms with Crippen LogP contribution in [0.25, 0.3) is 0 Å². The molecule has 74 heavy (non-hydrogen) atoms. The maximum atomic E-state index is 13.4. The van der Waals surface area contributed by atoms with Gasteiger partial charge >= 0.3 is 17.9 Å². The first-order valence-electron chi connectivity index (χ1n) is 31.4. The highest BCUT2D eigenvalue weighted by Gasteiger charge is 2.41. The zero-order chi connectivity index (χ0) is 55.9. The predicted molar refractivity (Wildman–Crippen MR) is 321 cm³/mol. The van der Waals surface area contributed by atoms with Crippen LogP contribution in [0.2, 0.25) is 36.3 Å². The molecular weight excluding hydrogens is 955 g/mol. The van der Waals surface area contributed by atoms with Gasteiger partial charge in [0.2, 0.25) is 0 Å². The summed E-state index contributed by atoms with van der Waals surface area (Å²) in [5.74, 6) is -0.285. The second kappa shape index (κ2) is 41.7. The number of ether oxygens (including phenoxy) is 3. The highest BCUT2D eigenvalue weighted by molar-refractivity contribution is 6.74. The third-order valence-corrected chi connectivity index (χ3v) is 24.9. The molecule has 0 aromatic rings. The van der Waals surface area contributed by atoms with Crippen molar-refractivity contribution in [3.05, 3.63) is 0 Å². The lowest BCUT2D eigenvalue weighted by atomic mass is 10.0. The smallest absolute Gasteiger partial charge is 0.306 e. The summed E-state index contributed by atoms with van der Waals surface area (Å²) in [6.07, 6.45) is 36.2. The number of rotatable bonds is 48. The van der Waals surface area contributed by atoms with E-state index in [0.717, 1.165) is 103 Å². The van der Waals surface area contributed by atoms with Gasteiger partial charge in [0.15, 0.2) is 16.6 Å². The minimum atomic E-state index is -2.18. The van der Waals surface area contributed by atoms with Gasteiger partial charge in [-0.25, -0.2) is 0 Å². The van der Waals surface area contributed by atoms with E-state index >= 15 is 0 Å². The van der Waals surface area contributed by atoms with E-state index in [4.69, 9.17) is 23.1 Å². The van der Waals surface area contributed by atoms with Gasteiger partial charge in [-0.3, -0.25) is 19.3 Å². The Labute approximate surface area is 462 Å². The minimum absolute atomic E-state index is 0.0114. The first kappa shape index (κ1) is 72.7. The van der Waals surface area contributed by atoms with E-state index in [9.17, 15) is 14.4 Å². The molecular formula is C63H127NO8Si2. The van der Waals surface area contributed by atoms with Crippen molar-refractivity contribution in [3.8, 4) is 0 Å². The molecule has 0 aromatic heterocycles. The average Bonchev–Trinajstić information content (AvgIpc) is 3.28. The van der Waals surface area contributed by atoms with E-state index in [1.165, 1.54) is 109 Å². The second-order valence-corrected chi connectivity index (χ2v) is 36.1. The number of carbonyl (C=O) groups is 3. The predicted octanol–water partition coefficient (Wildman–Crippen LogP) is 19.2. The Kier molecular flexibility index (Phi) is 41.0. The fraction of sp³-hybridized carbons (Fsp3) is 0.952. The van der Waals surface area contributed by atoms with Crippen LogP contribution in [0.1, 0.15) is 301 Å². The zero-order valence-corrected chi connectivity index (χ0v) is 54.3. The summed E-state index contributed by atoms with van der Waals surface area (Å²) in [5.41, 5.74) is -0.505. The molecule has 0 rings (SSSR count). The topological polar surface area (TPSA) is 101 Å². The molecule has 0 fully saturated rings. The number of unbranched alkanes of at least 4 members (excludes halogenated alkanes) is 21. The van der Waals surface area contributed by atoms with Crippen molar-refractivity contribution in [1.29, 1.82) is 0 Å². The Bertz CT molecular complexity index is 1370. The molecule has 0 saturated heterocycles. The largest absolute Gasteiger partial charge is 0.466 e. The molecule has 9 nitrogen and oxygen atoms in total. The molecule has 0 aliphatic carbocycles. The highest BCUT2D eigenvalue weighted by Crippen LogP contribution is 2.39. The number of esters is 3. The third kappa shape index (κ3) is 40.0. The zero-order valence-electron chi connectivity index (χ0n) is 52.3. The molecule has 0 bridgehead atoms. The first-order valence-corrected chi connectivity index (χ1v) is 37.2. The van der Waals surface area contributed by atoms with E-state index < -0.39 is 22.2 Å². The number of carbonyl (C=O) groups excluding carboxylic acids is 3. The quantitative estimate of drug-likeness (QED) is 0.0255. The lowest BCUT2D eigenvalue weighted by molar-refractivity contribution is -0.155. The van der Waals surface area contributed by atoms with Crippen LogP contribution in [-0.2, 0) is 37.4 Å². The standard InChI is InChI=1S/C63H127NO8Si2/c1-17-20-23-26-29-30-31-34-42-52-68-58(65)50-43-47-57(72-74(15,16)63(10,11)12)54-64(51-41-40-49-60(67)70-61(4,5)6)53-56(71-73(13,14)62(7,8)9)46-38-35-39-48-59(66)69-55(44-36-32-27-24-21-18-2)45-37-33-28-25-22-19-3/h55-57H,17-54H2,1-16H3. The molecule has 2 unspecified atom stereocenters. The highest BCUT2D eigenvalue weighted by atomic mass is 28.4. The fourth-order valence-electron chi connectivity index (χ4n) is 9.17. The van der Waals surface area contributed by atoms with Crippen LogP contribution in [0.15, 0.2) is 0 Å². The first-order chi connectivity index (χ1) is 34.8. The molecule has 2 atom stereocenters. The van der Waals surface area contributed by atoms with E-state index in [0.29, 0.717) is 32.3 Å². The summed E-state index contributed by atoms with van der Waals surface area (Å²) in [4.78, 5) is 41.7. The van der Waals surface area contributed by atoms with Gasteiger partial charge in [-0.15, -0.1) is 0 Å². The summed E-state index contributed by atoms with van der Waals surface area (Å²) < 4.78 is 32.2. The summed E-state index contributed by atoms with van der Waals surface area (Å²) >= 11 is 0. The molecule has 0 amide bonds. The number of nitrogens with zero attached hydrogens (tertiary/aromatic N) is 1. The van der Waals surface area contributed by atoms with Gasteiger partial charge in [-0.2, -0.15) is 0 Å². The van der Waals surface area contributed by atoms with E-state index in [-0.39, 0.29) is 46.3 Å². The van der Waals surface area contributed by atoms with E-state index in [1.54, 1.807) is 0 Å². The van der Waals surface area contributed by atoms with E-state index in [2.05, 4.69) is 93.4 Å². The van der Waals surface area contributed by atoms with Gasteiger partial charge in [0.05, 0.1) is 18.8 Å². The normalized spacial score (nSPS) is 13.7. The molecule has 0 aromatic carbocycles. The molecule has 0 spiro atoms. The van der Waals surface area contributed by atoms with Gasteiger partial charge < -0.3 is 23.1 Å². The molecule has 0 radical (unpaired) electrons. The Morgan fingerprint density at radius 1 is 0.405 bits per heavy atom. The van der Waals surface area contributed by atoms with Crippen LogP contribution >= 0.6 is 0 Å². The summed E-state index contributed by atoms with van der Waals surface area (Å²) in [7, 11) is -4.34. The van der Waals surface area contributed by atoms with Crippen LogP contribution < -0.4 is 0 Å². The van der Waals surface area contributed by atoms with Crippen LogP contribution in [0.3, 0.4) is 0 Å². The molecule has 0 aliphatic rings. The third-order valence-electron chi connectivity index (χ3n) is 15.9. The Morgan fingerprint density at radius 2 is 0.757 bits per heavy atom. The van der Waals surface area contributed by atoms with Crippen molar-refractivity contribution in [2.24, 2.45) is 0 Å². The number of hydrogen-bond acceptors (Lipinski definition) is 9. The molecule has 440 valence electrons. The molecule has 0 aliphatic heterocycles. The number of hydrogen-bond donors (Lipinski definition) is 0. The molecule has 11 heteroatoms. The summed E-state index contributed by atoms with van der Waals surface area (Å²) in [6.45, 7) is 38.5. The lowest BCUT2D eigenvalue weighted by Gasteiger charge is -2.42. The maximum Gasteiger partial charge on any atom is 0.306 e. The van der Waals surface area contributed by atoms with Crippen molar-refractivity contribution in [2.75, 3.05) is 26.2 Å². The van der Waals surface area contributed by atoms with Crippen molar-refractivity contribution in [3.63, 3.8) is 0 Å². The summed E-state index contributed by atoms with van der Waals surface area (Å²) in [5, 5.41) is 0.0757. The maximum absolute atomic E-state index is 13.4. The summed E-state index contributed by atoms with van der Waals surface area (Å²) in [6, 6.07) is 0. The minimum Gasteiger partial charge on any atom is -0.466 e. The van der Waals surface area contributed by atoms with Crippen LogP contribution in [0.4, 0.5) is 0 Å². The Morgan fingerprint density at radius 3 is 1.19 bits per heavy atom.